The summed E-state index contributed by atoms with van der Waals surface area (Å²) in [7, 11) is 0. The van der Waals surface area contributed by atoms with Gasteiger partial charge in [0.15, 0.2) is 0 Å². The molecule has 0 saturated carbocycles. The van der Waals surface area contributed by atoms with Crippen LogP contribution in [0.4, 0.5) is 0 Å². The minimum absolute atomic E-state index is 0.0518. The van der Waals surface area contributed by atoms with Crippen LogP contribution >= 0.6 is 0 Å². The number of H-pyrrole nitrogens is 1. The number of hydrogen-bond donors (Lipinski definition) is 2. The summed E-state index contributed by atoms with van der Waals surface area (Å²) in [6.45, 7) is 3.59. The maximum Gasteiger partial charge on any atom is 0.225 e. The van der Waals surface area contributed by atoms with Crippen molar-refractivity contribution >= 4 is 22.8 Å². The number of fused-ring (bicyclic) bond motifs is 1. The summed E-state index contributed by atoms with van der Waals surface area (Å²) in [6, 6.07) is 5.84. The van der Waals surface area contributed by atoms with Crippen LogP contribution in [0.2, 0.25) is 0 Å². The number of nitrogens with zero attached hydrogens (tertiary/aromatic N) is 2. The van der Waals surface area contributed by atoms with E-state index < -0.39 is 0 Å². The topological polar surface area (TPSA) is 78.1 Å². The van der Waals surface area contributed by atoms with Crippen LogP contribution in [0.25, 0.3) is 11.0 Å². The van der Waals surface area contributed by atoms with Gasteiger partial charge in [-0.25, -0.2) is 4.98 Å². The number of aromatic nitrogens is 2. The second kappa shape index (κ2) is 5.55. The van der Waals surface area contributed by atoms with E-state index in [0.717, 1.165) is 16.6 Å². The smallest absolute Gasteiger partial charge is 0.225 e. The van der Waals surface area contributed by atoms with E-state index in [-0.39, 0.29) is 17.7 Å². The highest BCUT2D eigenvalue weighted by Crippen LogP contribution is 2.18. The van der Waals surface area contributed by atoms with Gasteiger partial charge in [0.25, 0.3) is 0 Å². The highest BCUT2D eigenvalue weighted by atomic mass is 16.2. The molecule has 2 N–H and O–H groups in total. The van der Waals surface area contributed by atoms with Gasteiger partial charge in [-0.1, -0.05) is 6.07 Å². The number of hydrogen-bond acceptors (Lipinski definition) is 3. The van der Waals surface area contributed by atoms with E-state index in [1.807, 2.05) is 25.1 Å². The first kappa shape index (κ1) is 13.6. The molecule has 1 aromatic carbocycles. The molecule has 0 spiro atoms. The summed E-state index contributed by atoms with van der Waals surface area (Å²) in [5.41, 5.74) is 2.87. The van der Waals surface area contributed by atoms with Gasteiger partial charge >= 0.3 is 0 Å². The van der Waals surface area contributed by atoms with E-state index in [1.165, 1.54) is 0 Å². The van der Waals surface area contributed by atoms with Crippen LogP contribution in [0.15, 0.2) is 24.5 Å². The Morgan fingerprint density at radius 1 is 1.52 bits per heavy atom. The fourth-order valence-corrected chi connectivity index (χ4v) is 2.68. The summed E-state index contributed by atoms with van der Waals surface area (Å²) in [6.07, 6.45) is 1.97. The van der Waals surface area contributed by atoms with E-state index >= 15 is 0 Å². The number of benzene rings is 1. The second-order valence-electron chi connectivity index (χ2n) is 5.31. The molecule has 1 saturated heterocycles. The second-order valence-corrected chi connectivity index (χ2v) is 5.31. The Morgan fingerprint density at radius 2 is 2.38 bits per heavy atom. The number of aromatic amines is 1. The molecule has 1 aliphatic rings. The average molecular weight is 286 g/mol. The molecule has 3 rings (SSSR count). The van der Waals surface area contributed by atoms with E-state index in [4.69, 9.17) is 0 Å². The third-order valence-corrected chi connectivity index (χ3v) is 3.92. The van der Waals surface area contributed by atoms with Crippen molar-refractivity contribution in [3.8, 4) is 0 Å². The van der Waals surface area contributed by atoms with Crippen LogP contribution in [-0.4, -0.2) is 39.8 Å². The van der Waals surface area contributed by atoms with Crippen LogP contribution in [0.3, 0.4) is 0 Å². The lowest BCUT2D eigenvalue weighted by molar-refractivity contribution is -0.128. The third kappa shape index (κ3) is 2.74. The zero-order valence-electron chi connectivity index (χ0n) is 11.9. The van der Waals surface area contributed by atoms with Gasteiger partial charge in [0.05, 0.1) is 23.3 Å². The number of nitrogens with one attached hydrogen (secondary N) is 2. The highest BCUT2D eigenvalue weighted by Gasteiger charge is 2.33. The van der Waals surface area contributed by atoms with E-state index in [2.05, 4.69) is 15.3 Å². The third-order valence-electron chi connectivity index (χ3n) is 3.92. The fraction of sp³-hybridized carbons (Fsp3) is 0.400. The predicted molar refractivity (Wildman–Crippen MR) is 78.3 cm³/mol. The molecule has 1 aromatic heterocycles. The number of rotatable bonds is 4. The fourth-order valence-electron chi connectivity index (χ4n) is 2.68. The molecule has 6 nitrogen and oxygen atoms in total. The minimum atomic E-state index is -0.228. The Hall–Kier alpha value is -2.37. The zero-order chi connectivity index (χ0) is 14.8. The van der Waals surface area contributed by atoms with Crippen molar-refractivity contribution < 1.29 is 9.59 Å². The van der Waals surface area contributed by atoms with Crippen LogP contribution in [0, 0.1) is 5.92 Å². The standard InChI is InChI=1S/C15H18N4O2/c1-2-19-8-11(6-14(19)20)15(21)16-7-10-3-4-12-13(5-10)18-9-17-12/h3-5,9,11H,2,6-8H2,1H3,(H,16,21)(H,17,18). The minimum Gasteiger partial charge on any atom is -0.352 e. The van der Waals surface area contributed by atoms with Crippen molar-refractivity contribution in [1.82, 2.24) is 20.2 Å². The lowest BCUT2D eigenvalue weighted by Gasteiger charge is -2.13. The van der Waals surface area contributed by atoms with Crippen LogP contribution in [0.5, 0.6) is 0 Å². The van der Waals surface area contributed by atoms with Crippen LogP contribution in [-0.2, 0) is 16.1 Å². The van der Waals surface area contributed by atoms with E-state index in [9.17, 15) is 9.59 Å². The van der Waals surface area contributed by atoms with Crippen molar-refractivity contribution in [2.75, 3.05) is 13.1 Å². The van der Waals surface area contributed by atoms with Gasteiger partial charge in [0, 0.05) is 26.1 Å². The zero-order valence-corrected chi connectivity index (χ0v) is 11.9. The highest BCUT2D eigenvalue weighted by molar-refractivity contribution is 5.89. The summed E-state index contributed by atoms with van der Waals surface area (Å²) < 4.78 is 0. The van der Waals surface area contributed by atoms with Gasteiger partial charge < -0.3 is 15.2 Å². The molecule has 6 heteroatoms. The van der Waals surface area contributed by atoms with Gasteiger partial charge in [-0.05, 0) is 24.6 Å². The lowest BCUT2D eigenvalue weighted by atomic mass is 10.1. The number of amides is 2. The number of carbonyl (C=O) groups excluding carboxylic acids is 2. The SMILES string of the molecule is CCN1CC(C(=O)NCc2ccc3nc[nH]c3c2)CC1=O. The summed E-state index contributed by atoms with van der Waals surface area (Å²) in [5.74, 6) is -0.214. The quantitative estimate of drug-likeness (QED) is 0.881. The monoisotopic (exact) mass is 286 g/mol. The molecule has 1 fully saturated rings. The van der Waals surface area contributed by atoms with Gasteiger partial charge in [0.2, 0.25) is 11.8 Å². The van der Waals surface area contributed by atoms with Crippen molar-refractivity contribution in [1.29, 1.82) is 0 Å². The predicted octanol–water partition coefficient (Wildman–Crippen LogP) is 1.05. The molecular weight excluding hydrogens is 268 g/mol. The number of carbonyl (C=O) groups is 2. The van der Waals surface area contributed by atoms with Gasteiger partial charge in [-0.3, -0.25) is 9.59 Å². The Balaban J connectivity index is 1.59. The van der Waals surface area contributed by atoms with Gasteiger partial charge in [-0.15, -0.1) is 0 Å². The van der Waals surface area contributed by atoms with E-state index in [0.29, 0.717) is 26.1 Å². The maximum atomic E-state index is 12.1. The molecule has 1 atom stereocenters. The van der Waals surface area contributed by atoms with Crippen molar-refractivity contribution in [3.05, 3.63) is 30.1 Å². The molecule has 2 aromatic rings. The molecule has 0 aliphatic carbocycles. The molecule has 1 aliphatic heterocycles. The van der Waals surface area contributed by atoms with Crippen LogP contribution < -0.4 is 5.32 Å². The average Bonchev–Trinajstić information content (AvgIpc) is 3.10. The molecule has 0 bridgehead atoms. The maximum absolute atomic E-state index is 12.1. The molecule has 0 radical (unpaired) electrons. The lowest BCUT2D eigenvalue weighted by Crippen LogP contribution is -2.32. The van der Waals surface area contributed by atoms with Crippen molar-refractivity contribution in [2.45, 2.75) is 19.9 Å². The van der Waals surface area contributed by atoms with E-state index in [1.54, 1.807) is 11.2 Å². The van der Waals surface area contributed by atoms with Gasteiger partial charge in [-0.2, -0.15) is 0 Å². The van der Waals surface area contributed by atoms with Crippen molar-refractivity contribution in [2.24, 2.45) is 5.92 Å². The summed E-state index contributed by atoms with van der Waals surface area (Å²) in [5, 5.41) is 2.91. The van der Waals surface area contributed by atoms with Crippen molar-refractivity contribution in [3.63, 3.8) is 0 Å². The molecule has 2 amide bonds. The first-order valence-electron chi connectivity index (χ1n) is 7.15. The molecule has 2 heterocycles. The Bertz CT molecular complexity index is 679. The van der Waals surface area contributed by atoms with Crippen LogP contribution in [0.1, 0.15) is 18.9 Å². The number of imidazole rings is 1. The Labute approximate surface area is 122 Å². The molecule has 1 unspecified atom stereocenters. The first-order chi connectivity index (χ1) is 10.2. The number of likely N-dealkylation sites (tertiary alicyclic amines) is 1. The Kier molecular flexibility index (Phi) is 3.60. The summed E-state index contributed by atoms with van der Waals surface area (Å²) in [4.78, 5) is 32.7. The largest absolute Gasteiger partial charge is 0.352 e. The Morgan fingerprint density at radius 3 is 3.14 bits per heavy atom. The molecule has 21 heavy (non-hydrogen) atoms. The molecule has 110 valence electrons. The normalized spacial score (nSPS) is 18.4. The first-order valence-corrected chi connectivity index (χ1v) is 7.15. The van der Waals surface area contributed by atoms with Gasteiger partial charge in [0.1, 0.15) is 0 Å². The molecular formula is C15H18N4O2. The summed E-state index contributed by atoms with van der Waals surface area (Å²) >= 11 is 0.